The quantitative estimate of drug-likeness (QED) is 0.720. The number of anilines is 2. The zero-order valence-corrected chi connectivity index (χ0v) is 14.6. The van der Waals surface area contributed by atoms with Crippen LogP contribution >= 0.6 is 11.6 Å². The lowest BCUT2D eigenvalue weighted by Crippen LogP contribution is -2.04. The number of halogens is 1. The molecule has 0 bridgehead atoms. The lowest BCUT2D eigenvalue weighted by molar-refractivity contribution is 0.596. The first-order valence-electron chi connectivity index (χ1n) is 7.11. The minimum Gasteiger partial charge on any atom is -0.323 e. The van der Waals surface area contributed by atoms with Gasteiger partial charge in [0, 0.05) is 18.8 Å². The topological polar surface area (TPSA) is 76.9 Å². The Bertz CT molecular complexity index is 965. The van der Waals surface area contributed by atoms with Crippen molar-refractivity contribution in [3.8, 4) is 0 Å². The van der Waals surface area contributed by atoms with Crippen LogP contribution in [0.5, 0.6) is 0 Å². The molecular formula is C16H15ClN4O2S. The van der Waals surface area contributed by atoms with Crippen molar-refractivity contribution in [2.45, 2.75) is 16.7 Å². The smallest absolute Gasteiger partial charge is 0.206 e. The molecule has 0 saturated carbocycles. The van der Waals surface area contributed by atoms with Crippen LogP contribution in [0.25, 0.3) is 0 Å². The molecule has 0 amide bonds. The molecule has 0 aliphatic carbocycles. The fourth-order valence-electron chi connectivity index (χ4n) is 2.18. The van der Waals surface area contributed by atoms with Gasteiger partial charge in [-0.05, 0) is 31.2 Å². The second-order valence-electron chi connectivity index (χ2n) is 5.25. The van der Waals surface area contributed by atoms with Crippen LogP contribution in [0.3, 0.4) is 0 Å². The average molecular weight is 363 g/mol. The van der Waals surface area contributed by atoms with Crippen molar-refractivity contribution in [1.82, 2.24) is 14.8 Å². The highest BCUT2D eigenvalue weighted by Gasteiger charge is 2.19. The lowest BCUT2D eigenvalue weighted by Gasteiger charge is -2.08. The maximum atomic E-state index is 12.7. The van der Waals surface area contributed by atoms with Gasteiger partial charge in [0.25, 0.3) is 0 Å². The number of benzene rings is 1. The van der Waals surface area contributed by atoms with Gasteiger partial charge in [-0.15, -0.1) is 0 Å². The average Bonchev–Trinajstić information content (AvgIpc) is 2.85. The molecule has 0 radical (unpaired) electrons. The van der Waals surface area contributed by atoms with Crippen LogP contribution in [-0.2, 0) is 16.9 Å². The van der Waals surface area contributed by atoms with Gasteiger partial charge in [-0.25, -0.2) is 13.4 Å². The molecule has 0 aliphatic rings. The molecule has 24 heavy (non-hydrogen) atoms. The van der Waals surface area contributed by atoms with Crippen LogP contribution in [-0.4, -0.2) is 23.2 Å². The summed E-state index contributed by atoms with van der Waals surface area (Å²) in [7, 11) is -1.85. The van der Waals surface area contributed by atoms with Crippen molar-refractivity contribution >= 4 is 33.1 Å². The molecule has 3 aromatic rings. The number of nitrogens with zero attached hydrogens (tertiary/aromatic N) is 3. The number of rotatable bonds is 4. The Balaban J connectivity index is 2.00. The summed E-state index contributed by atoms with van der Waals surface area (Å²) in [6, 6.07) is 12.8. The van der Waals surface area contributed by atoms with Gasteiger partial charge in [0.1, 0.15) is 11.0 Å². The molecule has 1 aromatic carbocycles. The molecule has 3 rings (SSSR count). The van der Waals surface area contributed by atoms with E-state index >= 15 is 0 Å². The maximum Gasteiger partial charge on any atom is 0.206 e. The van der Waals surface area contributed by atoms with E-state index in [0.29, 0.717) is 11.6 Å². The van der Waals surface area contributed by atoms with E-state index in [4.69, 9.17) is 11.6 Å². The third-order valence-electron chi connectivity index (χ3n) is 3.50. The first-order chi connectivity index (χ1) is 11.4. The van der Waals surface area contributed by atoms with E-state index in [1.807, 2.05) is 20.0 Å². The minimum atomic E-state index is -3.67. The van der Waals surface area contributed by atoms with E-state index in [1.165, 1.54) is 12.1 Å². The fraction of sp³-hybridized carbons (Fsp3) is 0.125. The summed E-state index contributed by atoms with van der Waals surface area (Å²) in [4.78, 5) is 4.39. The van der Waals surface area contributed by atoms with Gasteiger partial charge < -0.3 is 5.32 Å². The molecule has 8 heteroatoms. The molecule has 2 aromatic heterocycles. The molecule has 0 saturated heterocycles. The maximum absolute atomic E-state index is 12.7. The Kier molecular flexibility index (Phi) is 4.29. The lowest BCUT2D eigenvalue weighted by atomic mass is 10.4. The molecule has 0 unspecified atom stereocenters. The van der Waals surface area contributed by atoms with Crippen molar-refractivity contribution in [2.24, 2.45) is 7.05 Å². The Labute approximate surface area is 145 Å². The summed E-state index contributed by atoms with van der Waals surface area (Å²) in [5.74, 6) is 0.878. The summed E-state index contributed by atoms with van der Waals surface area (Å²) in [5, 5.41) is 7.32. The number of nitrogens with one attached hydrogen (secondary N) is 1. The first-order valence-corrected chi connectivity index (χ1v) is 8.98. The highest BCUT2D eigenvalue weighted by Crippen LogP contribution is 2.26. The molecule has 0 aliphatic heterocycles. The number of hydrogen-bond donors (Lipinski definition) is 1. The molecule has 0 atom stereocenters. The van der Waals surface area contributed by atoms with Crippen LogP contribution in [0.2, 0.25) is 5.15 Å². The van der Waals surface area contributed by atoms with E-state index in [-0.39, 0.29) is 14.9 Å². The Hall–Kier alpha value is -2.38. The van der Waals surface area contributed by atoms with Crippen molar-refractivity contribution in [2.75, 3.05) is 5.32 Å². The standard InChI is InChI=1S/C16H15ClN4O2S/c1-11-8-16(20-21(11)2)19-15-10-13(9-14(17)18-15)24(22,23)12-6-4-3-5-7-12/h3-10H,1-2H3,(H,18,19,20). The Morgan fingerprint density at radius 3 is 2.38 bits per heavy atom. The van der Waals surface area contributed by atoms with Crippen molar-refractivity contribution in [1.29, 1.82) is 0 Å². The second-order valence-corrected chi connectivity index (χ2v) is 7.58. The predicted molar refractivity (Wildman–Crippen MR) is 92.4 cm³/mol. The van der Waals surface area contributed by atoms with Gasteiger partial charge >= 0.3 is 0 Å². The van der Waals surface area contributed by atoms with E-state index in [9.17, 15) is 8.42 Å². The number of aryl methyl sites for hydroxylation is 2. The number of aromatic nitrogens is 3. The summed E-state index contributed by atoms with van der Waals surface area (Å²) < 4.78 is 27.1. The van der Waals surface area contributed by atoms with Crippen LogP contribution in [0.15, 0.2) is 58.3 Å². The molecule has 1 N–H and O–H groups in total. The minimum absolute atomic E-state index is 0.0730. The largest absolute Gasteiger partial charge is 0.323 e. The first kappa shape index (κ1) is 16.5. The Morgan fingerprint density at radius 2 is 1.75 bits per heavy atom. The zero-order chi connectivity index (χ0) is 17.3. The van der Waals surface area contributed by atoms with E-state index < -0.39 is 9.84 Å². The monoisotopic (exact) mass is 362 g/mol. The van der Waals surface area contributed by atoms with E-state index in [0.717, 1.165) is 5.69 Å². The summed E-state index contributed by atoms with van der Waals surface area (Å²) in [5.41, 5.74) is 0.955. The van der Waals surface area contributed by atoms with Gasteiger partial charge in [-0.2, -0.15) is 5.10 Å². The highest BCUT2D eigenvalue weighted by atomic mass is 35.5. The van der Waals surface area contributed by atoms with Crippen molar-refractivity contribution < 1.29 is 8.42 Å². The highest BCUT2D eigenvalue weighted by molar-refractivity contribution is 7.91. The Morgan fingerprint density at radius 1 is 1.04 bits per heavy atom. The predicted octanol–water partition coefficient (Wildman–Crippen LogP) is 3.35. The summed E-state index contributed by atoms with van der Waals surface area (Å²) >= 11 is 6.01. The van der Waals surface area contributed by atoms with Gasteiger partial charge in [0.05, 0.1) is 9.79 Å². The number of hydrogen-bond acceptors (Lipinski definition) is 5. The SMILES string of the molecule is Cc1cc(Nc2cc(S(=O)(=O)c3ccccc3)cc(Cl)n2)nn1C. The third-order valence-corrected chi connectivity index (χ3v) is 5.44. The molecule has 0 fully saturated rings. The van der Waals surface area contributed by atoms with E-state index in [1.54, 1.807) is 35.0 Å². The number of sulfone groups is 1. The van der Waals surface area contributed by atoms with Crippen LogP contribution in [0.4, 0.5) is 11.6 Å². The molecule has 2 heterocycles. The van der Waals surface area contributed by atoms with Crippen LogP contribution in [0.1, 0.15) is 5.69 Å². The van der Waals surface area contributed by atoms with E-state index in [2.05, 4.69) is 15.4 Å². The van der Waals surface area contributed by atoms with Gasteiger partial charge in [0.2, 0.25) is 9.84 Å². The van der Waals surface area contributed by atoms with Crippen molar-refractivity contribution in [3.63, 3.8) is 0 Å². The van der Waals surface area contributed by atoms with Crippen LogP contribution < -0.4 is 5.32 Å². The molecule has 0 spiro atoms. The molecule has 124 valence electrons. The van der Waals surface area contributed by atoms with Crippen molar-refractivity contribution in [3.05, 3.63) is 59.4 Å². The normalized spacial score (nSPS) is 11.5. The van der Waals surface area contributed by atoms with Crippen LogP contribution in [0, 0.1) is 6.92 Å². The van der Waals surface area contributed by atoms with Gasteiger partial charge in [-0.1, -0.05) is 29.8 Å². The zero-order valence-electron chi connectivity index (χ0n) is 13.1. The van der Waals surface area contributed by atoms with Gasteiger partial charge in [0.15, 0.2) is 5.82 Å². The number of pyridine rings is 1. The third kappa shape index (κ3) is 3.27. The second kappa shape index (κ2) is 6.26. The van der Waals surface area contributed by atoms with Gasteiger partial charge in [-0.3, -0.25) is 4.68 Å². The summed E-state index contributed by atoms with van der Waals surface area (Å²) in [6.07, 6.45) is 0. The fourth-order valence-corrected chi connectivity index (χ4v) is 3.78. The molecule has 6 nitrogen and oxygen atoms in total. The molecular weight excluding hydrogens is 348 g/mol. The summed E-state index contributed by atoms with van der Waals surface area (Å²) in [6.45, 7) is 1.91.